The maximum atomic E-state index is 13.8. The van der Waals surface area contributed by atoms with Crippen LogP contribution in [0.15, 0.2) is 42.5 Å². The zero-order chi connectivity index (χ0) is 17.5. The molecule has 1 atom stereocenters. The molecule has 0 saturated carbocycles. The lowest BCUT2D eigenvalue weighted by Gasteiger charge is -2.26. The Morgan fingerprint density at radius 3 is 2.54 bits per heavy atom. The summed E-state index contributed by atoms with van der Waals surface area (Å²) in [6.07, 6.45) is -4.52. The smallest absolute Gasteiger partial charge is 0.295 e. The Kier molecular flexibility index (Phi) is 4.29. The van der Waals surface area contributed by atoms with Crippen LogP contribution in [-0.4, -0.2) is 11.7 Å². The van der Waals surface area contributed by atoms with Gasteiger partial charge in [0, 0.05) is 5.69 Å². The highest BCUT2D eigenvalue weighted by Gasteiger charge is 2.41. The van der Waals surface area contributed by atoms with E-state index in [1.165, 1.54) is 35.2 Å². The van der Waals surface area contributed by atoms with Crippen molar-refractivity contribution in [3.8, 4) is 0 Å². The second kappa shape index (κ2) is 6.12. The van der Waals surface area contributed by atoms with Crippen molar-refractivity contribution in [2.24, 2.45) is 0 Å². The molecule has 0 bridgehead atoms. The number of alkyl halides is 3. The molecular formula is C17H13F4NOS. The van der Waals surface area contributed by atoms with Crippen LogP contribution in [0.4, 0.5) is 23.2 Å². The van der Waals surface area contributed by atoms with Crippen molar-refractivity contribution >= 4 is 23.4 Å². The predicted octanol–water partition coefficient (Wildman–Crippen LogP) is 4.93. The molecule has 2 aromatic carbocycles. The Balaban J connectivity index is 2.08. The molecule has 1 aliphatic heterocycles. The fourth-order valence-corrected chi connectivity index (χ4v) is 3.85. The van der Waals surface area contributed by atoms with Crippen LogP contribution in [0.5, 0.6) is 0 Å². The lowest BCUT2D eigenvalue weighted by Crippen LogP contribution is -2.29. The molecular weight excluding hydrogens is 342 g/mol. The standard InChI is InChI=1S/C17H13F4NOS/c1-10-6-7-11(8-14(10)18)22-15(23)9-24-16(22)12-4-2-3-5-13(12)17(19,20)21/h2-8,16H,9H2,1H3/t16-/m1/s1. The summed E-state index contributed by atoms with van der Waals surface area (Å²) in [6, 6.07) is 9.40. The Labute approximate surface area is 140 Å². The molecule has 1 fully saturated rings. The summed E-state index contributed by atoms with van der Waals surface area (Å²) in [5.41, 5.74) is -0.114. The van der Waals surface area contributed by atoms with Crippen LogP contribution in [0.2, 0.25) is 0 Å². The molecule has 0 aromatic heterocycles. The number of carbonyl (C=O) groups is 1. The largest absolute Gasteiger partial charge is 0.416 e. The number of hydrogen-bond donors (Lipinski definition) is 0. The summed E-state index contributed by atoms with van der Waals surface area (Å²) < 4.78 is 53.7. The van der Waals surface area contributed by atoms with E-state index in [4.69, 9.17) is 0 Å². The molecule has 0 N–H and O–H groups in total. The van der Waals surface area contributed by atoms with Gasteiger partial charge in [0.05, 0.1) is 11.3 Å². The van der Waals surface area contributed by atoms with Crippen LogP contribution in [0.1, 0.15) is 22.1 Å². The Morgan fingerprint density at radius 2 is 1.88 bits per heavy atom. The maximum Gasteiger partial charge on any atom is 0.416 e. The van der Waals surface area contributed by atoms with E-state index in [0.717, 1.165) is 17.8 Å². The minimum Gasteiger partial charge on any atom is -0.295 e. The van der Waals surface area contributed by atoms with Crippen LogP contribution < -0.4 is 4.90 Å². The van der Waals surface area contributed by atoms with Crippen molar-refractivity contribution in [3.63, 3.8) is 0 Å². The monoisotopic (exact) mass is 355 g/mol. The number of thioether (sulfide) groups is 1. The Bertz CT molecular complexity index is 790. The topological polar surface area (TPSA) is 20.3 Å². The number of hydrogen-bond acceptors (Lipinski definition) is 2. The number of halogens is 4. The summed E-state index contributed by atoms with van der Waals surface area (Å²) >= 11 is 1.10. The van der Waals surface area contributed by atoms with Gasteiger partial charge in [0.2, 0.25) is 5.91 Å². The fourth-order valence-electron chi connectivity index (χ4n) is 2.64. The van der Waals surface area contributed by atoms with Gasteiger partial charge in [-0.25, -0.2) is 4.39 Å². The highest BCUT2D eigenvalue weighted by molar-refractivity contribution is 8.00. The van der Waals surface area contributed by atoms with E-state index in [1.54, 1.807) is 13.0 Å². The molecule has 0 unspecified atom stereocenters. The van der Waals surface area contributed by atoms with Crippen molar-refractivity contribution in [2.75, 3.05) is 10.7 Å². The van der Waals surface area contributed by atoms with Gasteiger partial charge in [-0.15, -0.1) is 11.8 Å². The van der Waals surface area contributed by atoms with Crippen molar-refractivity contribution in [2.45, 2.75) is 18.5 Å². The van der Waals surface area contributed by atoms with Crippen LogP contribution in [0.3, 0.4) is 0 Å². The van der Waals surface area contributed by atoms with E-state index in [1.807, 2.05) is 0 Å². The first-order valence-electron chi connectivity index (χ1n) is 7.15. The summed E-state index contributed by atoms with van der Waals surface area (Å²) in [5, 5.41) is -0.836. The molecule has 2 aromatic rings. The van der Waals surface area contributed by atoms with Gasteiger partial charge in [0.15, 0.2) is 0 Å². The molecule has 24 heavy (non-hydrogen) atoms. The quantitative estimate of drug-likeness (QED) is 0.712. The molecule has 1 aliphatic rings. The zero-order valence-corrected chi connectivity index (χ0v) is 13.4. The van der Waals surface area contributed by atoms with E-state index < -0.39 is 22.9 Å². The normalized spacial score (nSPS) is 18.3. The van der Waals surface area contributed by atoms with Crippen molar-refractivity contribution in [1.82, 2.24) is 0 Å². The van der Waals surface area contributed by atoms with E-state index >= 15 is 0 Å². The molecule has 3 rings (SSSR count). The number of nitrogens with zero attached hydrogens (tertiary/aromatic N) is 1. The molecule has 0 aliphatic carbocycles. The predicted molar refractivity (Wildman–Crippen MR) is 85.3 cm³/mol. The SMILES string of the molecule is Cc1ccc(N2C(=O)CS[C@@H]2c2ccccc2C(F)(F)F)cc1F. The lowest BCUT2D eigenvalue weighted by atomic mass is 10.1. The first-order valence-corrected chi connectivity index (χ1v) is 8.20. The Hall–Kier alpha value is -2.02. The molecule has 1 amide bonds. The second-order valence-corrected chi connectivity index (χ2v) is 6.51. The molecule has 2 nitrogen and oxygen atoms in total. The van der Waals surface area contributed by atoms with Crippen LogP contribution in [-0.2, 0) is 11.0 Å². The first kappa shape index (κ1) is 16.8. The van der Waals surface area contributed by atoms with E-state index in [2.05, 4.69) is 0 Å². The summed E-state index contributed by atoms with van der Waals surface area (Å²) in [4.78, 5) is 13.5. The van der Waals surface area contributed by atoms with Gasteiger partial charge in [0.25, 0.3) is 0 Å². The van der Waals surface area contributed by atoms with Gasteiger partial charge in [-0.1, -0.05) is 24.3 Å². The molecule has 126 valence electrons. The number of aryl methyl sites for hydroxylation is 1. The number of benzene rings is 2. The zero-order valence-electron chi connectivity index (χ0n) is 12.6. The number of amides is 1. The number of anilines is 1. The van der Waals surface area contributed by atoms with Crippen molar-refractivity contribution < 1.29 is 22.4 Å². The summed E-state index contributed by atoms with van der Waals surface area (Å²) in [6.45, 7) is 1.58. The highest BCUT2D eigenvalue weighted by atomic mass is 32.2. The van der Waals surface area contributed by atoms with Gasteiger partial charge < -0.3 is 0 Å². The van der Waals surface area contributed by atoms with Crippen LogP contribution in [0, 0.1) is 12.7 Å². The first-order chi connectivity index (χ1) is 11.3. The van der Waals surface area contributed by atoms with E-state index in [0.29, 0.717) is 5.56 Å². The number of rotatable bonds is 2. The second-order valence-electron chi connectivity index (χ2n) is 5.45. The molecule has 0 spiro atoms. The highest BCUT2D eigenvalue weighted by Crippen LogP contribution is 2.46. The van der Waals surface area contributed by atoms with Gasteiger partial charge in [-0.05, 0) is 36.2 Å². The minimum absolute atomic E-state index is 0.00170. The molecule has 0 radical (unpaired) electrons. The third-order valence-electron chi connectivity index (χ3n) is 3.83. The summed E-state index contributed by atoms with van der Waals surface area (Å²) in [5.74, 6) is -0.794. The van der Waals surface area contributed by atoms with Gasteiger partial charge in [0.1, 0.15) is 11.2 Å². The molecule has 7 heteroatoms. The van der Waals surface area contributed by atoms with Crippen molar-refractivity contribution in [3.05, 3.63) is 65.0 Å². The lowest BCUT2D eigenvalue weighted by molar-refractivity contribution is -0.138. The van der Waals surface area contributed by atoms with Gasteiger partial charge in [-0.2, -0.15) is 13.2 Å². The Morgan fingerprint density at radius 1 is 1.17 bits per heavy atom. The summed E-state index contributed by atoms with van der Waals surface area (Å²) in [7, 11) is 0. The fraction of sp³-hybridized carbons (Fsp3) is 0.235. The van der Waals surface area contributed by atoms with E-state index in [9.17, 15) is 22.4 Å². The molecule has 1 saturated heterocycles. The van der Waals surface area contributed by atoms with Gasteiger partial charge in [-0.3, -0.25) is 9.69 Å². The minimum atomic E-state index is -4.52. The maximum absolute atomic E-state index is 13.8. The average Bonchev–Trinajstić information content (AvgIpc) is 2.91. The van der Waals surface area contributed by atoms with Crippen molar-refractivity contribution in [1.29, 1.82) is 0 Å². The van der Waals surface area contributed by atoms with Crippen LogP contribution in [0.25, 0.3) is 0 Å². The molecule has 1 heterocycles. The van der Waals surface area contributed by atoms with Crippen LogP contribution >= 0.6 is 11.8 Å². The van der Waals surface area contributed by atoms with Gasteiger partial charge >= 0.3 is 6.18 Å². The third-order valence-corrected chi connectivity index (χ3v) is 5.03. The number of carbonyl (C=O) groups excluding carboxylic acids is 1. The third kappa shape index (κ3) is 3.00. The average molecular weight is 355 g/mol. The van der Waals surface area contributed by atoms with E-state index in [-0.39, 0.29) is 22.9 Å².